The van der Waals surface area contributed by atoms with Gasteiger partial charge in [-0.1, -0.05) is 0 Å². The second-order valence-electron chi connectivity index (χ2n) is 4.09. The van der Waals surface area contributed by atoms with Crippen LogP contribution in [0.3, 0.4) is 0 Å². The number of nitrogens with two attached hydrogens (primary N) is 1. The second kappa shape index (κ2) is 6.58. The summed E-state index contributed by atoms with van der Waals surface area (Å²) in [6.45, 7) is 5.56. The minimum Gasteiger partial charge on any atom is -0.395 e. The lowest BCUT2D eigenvalue weighted by molar-refractivity contribution is 0.121. The standard InChI is InChI=1S/C12H21N3O/c1-10(2)15(7-8-16)12(9-13)11-3-5-14-6-4-11/h3-6,10,12,16H,7-9,13H2,1-2H3. The molecule has 4 heteroatoms. The van der Waals surface area contributed by atoms with E-state index >= 15 is 0 Å². The van der Waals surface area contributed by atoms with Crippen LogP contribution in [0.15, 0.2) is 24.5 Å². The molecule has 0 fully saturated rings. The highest BCUT2D eigenvalue weighted by molar-refractivity contribution is 5.15. The smallest absolute Gasteiger partial charge is 0.0558 e. The van der Waals surface area contributed by atoms with Crippen LogP contribution >= 0.6 is 0 Å². The minimum atomic E-state index is 0.148. The largest absolute Gasteiger partial charge is 0.395 e. The molecule has 90 valence electrons. The second-order valence-corrected chi connectivity index (χ2v) is 4.09. The summed E-state index contributed by atoms with van der Waals surface area (Å²) >= 11 is 0. The van der Waals surface area contributed by atoms with Gasteiger partial charge in [-0.05, 0) is 31.5 Å². The van der Waals surface area contributed by atoms with Gasteiger partial charge in [0.2, 0.25) is 0 Å². The molecule has 0 saturated heterocycles. The molecular formula is C12H21N3O. The first-order valence-electron chi connectivity index (χ1n) is 5.67. The van der Waals surface area contributed by atoms with Crippen molar-refractivity contribution < 1.29 is 5.11 Å². The summed E-state index contributed by atoms with van der Waals surface area (Å²) in [6.07, 6.45) is 3.55. The van der Waals surface area contributed by atoms with Crippen LogP contribution in [0, 0.1) is 0 Å². The third kappa shape index (κ3) is 3.27. The molecule has 1 aromatic heterocycles. The van der Waals surface area contributed by atoms with Crippen molar-refractivity contribution >= 4 is 0 Å². The zero-order chi connectivity index (χ0) is 12.0. The third-order valence-electron chi connectivity index (χ3n) is 2.74. The lowest BCUT2D eigenvalue weighted by Gasteiger charge is -2.34. The Morgan fingerprint density at radius 2 is 2.00 bits per heavy atom. The topological polar surface area (TPSA) is 62.4 Å². The highest BCUT2D eigenvalue weighted by Gasteiger charge is 2.20. The van der Waals surface area contributed by atoms with E-state index < -0.39 is 0 Å². The van der Waals surface area contributed by atoms with Crippen molar-refractivity contribution in [2.24, 2.45) is 5.73 Å². The van der Waals surface area contributed by atoms with E-state index in [-0.39, 0.29) is 12.6 Å². The van der Waals surface area contributed by atoms with Gasteiger partial charge >= 0.3 is 0 Å². The molecule has 0 radical (unpaired) electrons. The van der Waals surface area contributed by atoms with Gasteiger partial charge in [-0.2, -0.15) is 0 Å². The fourth-order valence-electron chi connectivity index (χ4n) is 1.94. The molecule has 1 unspecified atom stereocenters. The Hall–Kier alpha value is -0.970. The first kappa shape index (κ1) is 13.1. The average Bonchev–Trinajstić information content (AvgIpc) is 2.30. The fourth-order valence-corrected chi connectivity index (χ4v) is 1.94. The number of aliphatic hydroxyl groups excluding tert-OH is 1. The quantitative estimate of drug-likeness (QED) is 0.748. The Morgan fingerprint density at radius 3 is 2.44 bits per heavy atom. The molecule has 1 aromatic rings. The molecule has 0 spiro atoms. The molecule has 1 rings (SSSR count). The summed E-state index contributed by atoms with van der Waals surface area (Å²) in [7, 11) is 0. The summed E-state index contributed by atoms with van der Waals surface area (Å²) in [5, 5.41) is 9.08. The average molecular weight is 223 g/mol. The normalized spacial score (nSPS) is 13.4. The maximum Gasteiger partial charge on any atom is 0.0558 e. The summed E-state index contributed by atoms with van der Waals surface area (Å²) < 4.78 is 0. The molecular weight excluding hydrogens is 202 g/mol. The maximum absolute atomic E-state index is 9.08. The summed E-state index contributed by atoms with van der Waals surface area (Å²) in [6, 6.07) is 4.46. The molecule has 0 saturated carbocycles. The van der Waals surface area contributed by atoms with Crippen LogP contribution in [-0.2, 0) is 0 Å². The van der Waals surface area contributed by atoms with Crippen LogP contribution in [0.5, 0.6) is 0 Å². The zero-order valence-electron chi connectivity index (χ0n) is 10.0. The monoisotopic (exact) mass is 223 g/mol. The highest BCUT2D eigenvalue weighted by Crippen LogP contribution is 2.20. The van der Waals surface area contributed by atoms with Gasteiger partial charge in [0.25, 0.3) is 0 Å². The van der Waals surface area contributed by atoms with E-state index in [1.165, 1.54) is 0 Å². The van der Waals surface area contributed by atoms with Gasteiger partial charge in [-0.3, -0.25) is 9.88 Å². The number of aliphatic hydroxyl groups is 1. The van der Waals surface area contributed by atoms with Crippen molar-refractivity contribution in [1.82, 2.24) is 9.88 Å². The fraction of sp³-hybridized carbons (Fsp3) is 0.583. The number of hydrogen-bond donors (Lipinski definition) is 2. The van der Waals surface area contributed by atoms with E-state index in [4.69, 9.17) is 10.8 Å². The number of nitrogens with zero attached hydrogens (tertiary/aromatic N) is 2. The summed E-state index contributed by atoms with van der Waals surface area (Å²) in [4.78, 5) is 6.21. The van der Waals surface area contributed by atoms with Crippen LogP contribution in [0.1, 0.15) is 25.5 Å². The Bertz CT molecular complexity index is 290. The molecule has 3 N–H and O–H groups in total. The number of aromatic nitrogens is 1. The maximum atomic E-state index is 9.08. The van der Waals surface area contributed by atoms with Crippen LogP contribution in [0.2, 0.25) is 0 Å². The van der Waals surface area contributed by atoms with Crippen molar-refractivity contribution in [1.29, 1.82) is 0 Å². The molecule has 0 aliphatic carbocycles. The molecule has 0 amide bonds. The van der Waals surface area contributed by atoms with E-state index in [0.717, 1.165) is 5.56 Å². The van der Waals surface area contributed by atoms with Gasteiger partial charge in [-0.15, -0.1) is 0 Å². The summed E-state index contributed by atoms with van der Waals surface area (Å²) in [5.74, 6) is 0. The van der Waals surface area contributed by atoms with Gasteiger partial charge in [0.1, 0.15) is 0 Å². The van der Waals surface area contributed by atoms with E-state index in [9.17, 15) is 0 Å². The van der Waals surface area contributed by atoms with Crippen molar-refractivity contribution in [3.63, 3.8) is 0 Å². The predicted octanol–water partition coefficient (Wildman–Crippen LogP) is 0.784. The van der Waals surface area contributed by atoms with Gasteiger partial charge in [0, 0.05) is 37.6 Å². The Morgan fingerprint density at radius 1 is 1.38 bits per heavy atom. The summed E-state index contributed by atoms with van der Waals surface area (Å²) in [5.41, 5.74) is 6.98. The van der Waals surface area contributed by atoms with Gasteiger partial charge in [0.05, 0.1) is 6.61 Å². The van der Waals surface area contributed by atoms with Crippen LogP contribution in [0.25, 0.3) is 0 Å². The Labute approximate surface area is 97.1 Å². The molecule has 1 heterocycles. The molecule has 4 nitrogen and oxygen atoms in total. The van der Waals surface area contributed by atoms with Crippen molar-refractivity contribution in [3.8, 4) is 0 Å². The SMILES string of the molecule is CC(C)N(CCO)C(CN)c1ccncc1. The highest BCUT2D eigenvalue weighted by atomic mass is 16.3. The van der Waals surface area contributed by atoms with Crippen LogP contribution < -0.4 is 5.73 Å². The van der Waals surface area contributed by atoms with Gasteiger partial charge < -0.3 is 10.8 Å². The predicted molar refractivity (Wildman–Crippen MR) is 65.0 cm³/mol. The van der Waals surface area contributed by atoms with E-state index in [1.54, 1.807) is 12.4 Å². The molecule has 1 atom stereocenters. The first-order valence-corrected chi connectivity index (χ1v) is 5.67. The van der Waals surface area contributed by atoms with Gasteiger partial charge in [0.15, 0.2) is 0 Å². The van der Waals surface area contributed by atoms with E-state index in [2.05, 4.69) is 23.7 Å². The van der Waals surface area contributed by atoms with Crippen molar-refractivity contribution in [2.45, 2.75) is 25.9 Å². The molecule has 0 aromatic carbocycles. The first-order chi connectivity index (χ1) is 7.70. The molecule has 0 aliphatic rings. The van der Waals surface area contributed by atoms with Crippen LogP contribution in [0.4, 0.5) is 0 Å². The zero-order valence-corrected chi connectivity index (χ0v) is 10.0. The van der Waals surface area contributed by atoms with Crippen molar-refractivity contribution in [3.05, 3.63) is 30.1 Å². The van der Waals surface area contributed by atoms with E-state index in [0.29, 0.717) is 19.1 Å². The minimum absolute atomic E-state index is 0.148. The molecule has 16 heavy (non-hydrogen) atoms. The number of pyridine rings is 1. The Kier molecular flexibility index (Phi) is 5.38. The number of hydrogen-bond acceptors (Lipinski definition) is 4. The molecule has 0 aliphatic heterocycles. The molecule has 0 bridgehead atoms. The third-order valence-corrected chi connectivity index (χ3v) is 2.74. The number of rotatable bonds is 6. The van der Waals surface area contributed by atoms with Gasteiger partial charge in [-0.25, -0.2) is 0 Å². The van der Waals surface area contributed by atoms with Crippen LogP contribution in [-0.4, -0.2) is 40.7 Å². The van der Waals surface area contributed by atoms with E-state index in [1.807, 2.05) is 12.1 Å². The Balaban J connectivity index is 2.86. The lowest BCUT2D eigenvalue weighted by atomic mass is 10.1. The lowest BCUT2D eigenvalue weighted by Crippen LogP contribution is -2.40. The van der Waals surface area contributed by atoms with Crippen molar-refractivity contribution in [2.75, 3.05) is 19.7 Å².